The summed E-state index contributed by atoms with van der Waals surface area (Å²) in [5.41, 5.74) is 2.06. The Morgan fingerprint density at radius 3 is 2.69 bits per heavy atom. The van der Waals surface area contributed by atoms with E-state index in [1.165, 1.54) is 0 Å². The minimum Gasteiger partial charge on any atom is -0.378 e. The number of aromatic nitrogens is 5. The summed E-state index contributed by atoms with van der Waals surface area (Å²) >= 11 is 0. The molecule has 0 saturated carbocycles. The zero-order valence-electron chi connectivity index (χ0n) is 17.3. The van der Waals surface area contributed by atoms with Gasteiger partial charge >= 0.3 is 0 Å². The summed E-state index contributed by atoms with van der Waals surface area (Å²) in [4.78, 5) is 19.5. The molecule has 2 aromatic heterocycles. The van der Waals surface area contributed by atoms with E-state index in [1.807, 2.05) is 44.6 Å². The fourth-order valence-electron chi connectivity index (χ4n) is 3.77. The van der Waals surface area contributed by atoms with Gasteiger partial charge in [0.15, 0.2) is 5.82 Å². The van der Waals surface area contributed by atoms with Gasteiger partial charge in [-0.05, 0) is 26.0 Å². The van der Waals surface area contributed by atoms with Crippen molar-refractivity contribution in [2.75, 3.05) is 36.5 Å². The minimum absolute atomic E-state index is 0.0886. The van der Waals surface area contributed by atoms with Gasteiger partial charge in [-0.25, -0.2) is 9.67 Å². The van der Waals surface area contributed by atoms with Crippen LogP contribution in [0, 0.1) is 19.8 Å². The van der Waals surface area contributed by atoms with Crippen molar-refractivity contribution < 1.29 is 9.53 Å². The van der Waals surface area contributed by atoms with Crippen LogP contribution in [0.3, 0.4) is 0 Å². The monoisotopic (exact) mass is 397 g/mol. The van der Waals surface area contributed by atoms with E-state index < -0.39 is 0 Å². The molecule has 1 aliphatic heterocycles. The molecule has 0 radical (unpaired) electrons. The largest absolute Gasteiger partial charge is 0.378 e. The number of benzene rings is 1. The quantitative estimate of drug-likeness (QED) is 0.707. The second kappa shape index (κ2) is 7.82. The van der Waals surface area contributed by atoms with E-state index in [0.717, 1.165) is 35.5 Å². The summed E-state index contributed by atoms with van der Waals surface area (Å²) in [6.45, 7) is 9.15. The van der Waals surface area contributed by atoms with Gasteiger partial charge in [0.25, 0.3) is 0 Å². The second-order valence-electron chi connectivity index (χ2n) is 7.52. The highest BCUT2D eigenvalue weighted by Crippen LogP contribution is 2.33. The molecule has 1 atom stereocenters. The molecule has 154 valence electrons. The number of anilines is 2. The van der Waals surface area contributed by atoms with Crippen molar-refractivity contribution in [1.29, 1.82) is 0 Å². The molecule has 0 spiro atoms. The minimum atomic E-state index is -0.276. The van der Waals surface area contributed by atoms with Gasteiger partial charge in [0.2, 0.25) is 5.91 Å². The van der Waals surface area contributed by atoms with Crippen LogP contribution in [-0.2, 0) is 23.1 Å². The molecule has 0 bridgehead atoms. The van der Waals surface area contributed by atoms with E-state index >= 15 is 0 Å². The molecule has 9 heteroatoms. The summed E-state index contributed by atoms with van der Waals surface area (Å²) in [5.74, 6) is 1.74. The van der Waals surface area contributed by atoms with Crippen molar-refractivity contribution in [2.45, 2.75) is 27.3 Å². The maximum atomic E-state index is 12.9. The maximum absolute atomic E-state index is 12.9. The average Bonchev–Trinajstić information content (AvgIpc) is 3.20. The van der Waals surface area contributed by atoms with Crippen LogP contribution in [0.4, 0.5) is 11.5 Å². The van der Waals surface area contributed by atoms with Gasteiger partial charge in [-0.1, -0.05) is 13.0 Å². The van der Waals surface area contributed by atoms with E-state index in [0.29, 0.717) is 31.4 Å². The number of hydrogen-bond donors (Lipinski definition) is 1. The third-order valence-electron chi connectivity index (χ3n) is 5.31. The van der Waals surface area contributed by atoms with E-state index in [4.69, 9.17) is 4.74 Å². The van der Waals surface area contributed by atoms with E-state index in [9.17, 15) is 4.79 Å². The Labute approximate surface area is 169 Å². The number of amides is 1. The molecule has 3 heterocycles. The van der Waals surface area contributed by atoms with Gasteiger partial charge in [-0.2, -0.15) is 10.2 Å². The number of carbonyl (C=O) groups is 1. The zero-order chi connectivity index (χ0) is 20.5. The third-order valence-corrected chi connectivity index (χ3v) is 5.31. The Balaban J connectivity index is 1.60. The normalized spacial score (nSPS) is 15.7. The van der Waals surface area contributed by atoms with Gasteiger partial charge in [-0.15, -0.1) is 0 Å². The smallest absolute Gasteiger partial charge is 0.230 e. The van der Waals surface area contributed by atoms with Crippen LogP contribution in [0.2, 0.25) is 0 Å². The molecule has 1 N–H and O–H groups in total. The lowest BCUT2D eigenvalue weighted by molar-refractivity contribution is -0.119. The second-order valence-corrected chi connectivity index (χ2v) is 7.52. The summed E-state index contributed by atoms with van der Waals surface area (Å²) in [7, 11) is 1.89. The molecule has 4 rings (SSSR count). The van der Waals surface area contributed by atoms with Crippen LogP contribution in [0.15, 0.2) is 18.2 Å². The molecular weight excluding hydrogens is 370 g/mol. The van der Waals surface area contributed by atoms with Crippen LogP contribution in [-0.4, -0.2) is 56.8 Å². The highest BCUT2D eigenvalue weighted by Gasteiger charge is 2.22. The number of morpholine rings is 1. The standard InChI is InChI=1S/C20H27N7O2/c1-13(12-27-15(3)21-14(2)23-27)20(28)22-19-18-16(25(4)24-19)6-5-7-17(18)26-8-10-29-11-9-26/h5-7,13H,8-12H2,1-4H3,(H,22,24,28)/t13-/m1/s1. The number of hydrogen-bond acceptors (Lipinski definition) is 6. The number of nitrogens with one attached hydrogen (secondary N) is 1. The van der Waals surface area contributed by atoms with Gasteiger partial charge in [0.05, 0.1) is 42.3 Å². The van der Waals surface area contributed by atoms with Gasteiger partial charge in [0, 0.05) is 20.1 Å². The molecule has 1 saturated heterocycles. The van der Waals surface area contributed by atoms with Crippen molar-refractivity contribution >= 4 is 28.3 Å². The lowest BCUT2D eigenvalue weighted by Gasteiger charge is -2.29. The van der Waals surface area contributed by atoms with Crippen molar-refractivity contribution in [3.05, 3.63) is 29.8 Å². The molecular formula is C20H27N7O2. The van der Waals surface area contributed by atoms with E-state index in [-0.39, 0.29) is 11.8 Å². The predicted molar refractivity (Wildman–Crippen MR) is 111 cm³/mol. The number of rotatable bonds is 5. The van der Waals surface area contributed by atoms with Crippen LogP contribution in [0.5, 0.6) is 0 Å². The average molecular weight is 397 g/mol. The fraction of sp³-hybridized carbons (Fsp3) is 0.500. The number of carbonyl (C=O) groups excluding carboxylic acids is 1. The van der Waals surface area contributed by atoms with Crippen molar-refractivity contribution in [1.82, 2.24) is 24.5 Å². The van der Waals surface area contributed by atoms with Crippen LogP contribution in [0.25, 0.3) is 10.9 Å². The summed E-state index contributed by atoms with van der Waals surface area (Å²) in [5, 5.41) is 12.9. The van der Waals surface area contributed by atoms with Crippen molar-refractivity contribution in [3.63, 3.8) is 0 Å². The predicted octanol–water partition coefficient (Wildman–Crippen LogP) is 1.89. The van der Waals surface area contributed by atoms with Crippen molar-refractivity contribution in [3.8, 4) is 0 Å². The molecule has 1 amide bonds. The lowest BCUT2D eigenvalue weighted by atomic mass is 10.1. The van der Waals surface area contributed by atoms with Crippen LogP contribution < -0.4 is 10.2 Å². The Morgan fingerprint density at radius 2 is 2.00 bits per heavy atom. The van der Waals surface area contributed by atoms with Gasteiger partial charge in [-0.3, -0.25) is 9.48 Å². The van der Waals surface area contributed by atoms with Crippen LogP contribution in [0.1, 0.15) is 18.6 Å². The number of aryl methyl sites for hydroxylation is 3. The zero-order valence-corrected chi connectivity index (χ0v) is 17.3. The van der Waals surface area contributed by atoms with Gasteiger partial charge in [0.1, 0.15) is 11.6 Å². The summed E-state index contributed by atoms with van der Waals surface area (Å²) < 4.78 is 9.07. The molecule has 0 aliphatic carbocycles. The van der Waals surface area contributed by atoms with E-state index in [1.54, 1.807) is 4.68 Å². The summed E-state index contributed by atoms with van der Waals surface area (Å²) in [6.07, 6.45) is 0. The lowest BCUT2D eigenvalue weighted by Crippen LogP contribution is -2.36. The first-order chi connectivity index (χ1) is 13.9. The van der Waals surface area contributed by atoms with E-state index in [2.05, 4.69) is 31.5 Å². The first-order valence-corrected chi connectivity index (χ1v) is 9.91. The Hall–Kier alpha value is -2.94. The highest BCUT2D eigenvalue weighted by molar-refractivity contribution is 6.06. The molecule has 1 aromatic carbocycles. The first kappa shape index (κ1) is 19.4. The SMILES string of the molecule is Cc1nc(C)n(C[C@@H](C)C(=O)Nc2nn(C)c3cccc(N4CCOCC4)c23)n1. The van der Waals surface area contributed by atoms with Crippen LogP contribution >= 0.6 is 0 Å². The molecule has 29 heavy (non-hydrogen) atoms. The Kier molecular flexibility index (Phi) is 5.23. The Bertz CT molecular complexity index is 1030. The number of fused-ring (bicyclic) bond motifs is 1. The van der Waals surface area contributed by atoms with Gasteiger partial charge < -0.3 is 15.0 Å². The number of ether oxygens (including phenoxy) is 1. The first-order valence-electron chi connectivity index (χ1n) is 9.91. The highest BCUT2D eigenvalue weighted by atomic mass is 16.5. The van der Waals surface area contributed by atoms with Crippen molar-refractivity contribution in [2.24, 2.45) is 13.0 Å². The maximum Gasteiger partial charge on any atom is 0.230 e. The topological polar surface area (TPSA) is 90.1 Å². The Morgan fingerprint density at radius 1 is 1.24 bits per heavy atom. The number of nitrogens with zero attached hydrogens (tertiary/aromatic N) is 6. The molecule has 3 aromatic rings. The molecule has 1 aliphatic rings. The third kappa shape index (κ3) is 3.82. The molecule has 1 fully saturated rings. The fourth-order valence-corrected chi connectivity index (χ4v) is 3.77. The molecule has 0 unspecified atom stereocenters. The summed E-state index contributed by atoms with van der Waals surface area (Å²) in [6, 6.07) is 6.13. The molecule has 9 nitrogen and oxygen atoms in total.